The molecule has 0 aliphatic heterocycles. The molecule has 0 radical (unpaired) electrons. The van der Waals surface area contributed by atoms with E-state index in [9.17, 15) is 20.4 Å². The lowest BCUT2D eigenvalue weighted by molar-refractivity contribution is -0.111. The van der Waals surface area contributed by atoms with Crippen molar-refractivity contribution in [1.29, 1.82) is 0 Å². The van der Waals surface area contributed by atoms with Gasteiger partial charge < -0.3 is 30.1 Å². The van der Waals surface area contributed by atoms with Gasteiger partial charge in [0.05, 0.1) is 18.8 Å². The molecule has 0 aromatic carbocycles. The minimum absolute atomic E-state index is 0.155. The van der Waals surface area contributed by atoms with Crippen LogP contribution in [0.25, 0.3) is 0 Å². The minimum Gasteiger partial charge on any atom is -0.396 e. The van der Waals surface area contributed by atoms with Gasteiger partial charge in [0, 0.05) is 32.2 Å². The largest absolute Gasteiger partial charge is 0.396 e. The van der Waals surface area contributed by atoms with Crippen molar-refractivity contribution in [3.05, 3.63) is 0 Å². The lowest BCUT2D eigenvalue weighted by Crippen LogP contribution is -2.50. The fourth-order valence-electron chi connectivity index (χ4n) is 3.50. The predicted molar refractivity (Wildman–Crippen MR) is 98.3 cm³/mol. The van der Waals surface area contributed by atoms with Crippen molar-refractivity contribution in [3.8, 4) is 0 Å². The number of rotatable bonds is 14. The second-order valence-electron chi connectivity index (χ2n) is 7.84. The average molecular weight is 362 g/mol. The van der Waals surface area contributed by atoms with E-state index in [1.807, 2.05) is 11.9 Å². The molecule has 1 saturated carbocycles. The van der Waals surface area contributed by atoms with Crippen LogP contribution in [-0.2, 0) is 4.74 Å². The normalized spacial score (nSPS) is 21.6. The highest BCUT2D eigenvalue weighted by molar-refractivity contribution is 4.88. The zero-order valence-corrected chi connectivity index (χ0v) is 16.2. The molecule has 1 fully saturated rings. The Morgan fingerprint density at radius 3 is 2.32 bits per heavy atom. The molecule has 25 heavy (non-hydrogen) atoms. The molecule has 5 unspecified atom stereocenters. The number of nitrogens with zero attached hydrogens (tertiary/aromatic N) is 1. The van der Waals surface area contributed by atoms with Crippen molar-refractivity contribution in [1.82, 2.24) is 4.90 Å². The molecule has 0 amide bonds. The van der Waals surface area contributed by atoms with Crippen LogP contribution in [0.1, 0.15) is 46.0 Å². The molecule has 1 aliphatic carbocycles. The van der Waals surface area contributed by atoms with Gasteiger partial charge in [-0.2, -0.15) is 0 Å². The van der Waals surface area contributed by atoms with Gasteiger partial charge in [-0.15, -0.1) is 0 Å². The third kappa shape index (κ3) is 7.89. The van der Waals surface area contributed by atoms with Gasteiger partial charge in [0.1, 0.15) is 6.10 Å². The highest BCUT2D eigenvalue weighted by Gasteiger charge is 2.38. The van der Waals surface area contributed by atoms with Crippen LogP contribution >= 0.6 is 0 Å². The van der Waals surface area contributed by atoms with Crippen LogP contribution < -0.4 is 0 Å². The van der Waals surface area contributed by atoms with E-state index in [-0.39, 0.29) is 25.0 Å². The molecule has 1 rings (SSSR count). The zero-order chi connectivity index (χ0) is 18.8. The third-order valence-corrected chi connectivity index (χ3v) is 5.32. The van der Waals surface area contributed by atoms with Gasteiger partial charge in [0.2, 0.25) is 0 Å². The highest BCUT2D eigenvalue weighted by Crippen LogP contribution is 2.36. The molecule has 0 bridgehead atoms. The van der Waals surface area contributed by atoms with E-state index in [0.717, 1.165) is 45.3 Å². The Balaban J connectivity index is 2.33. The lowest BCUT2D eigenvalue weighted by Gasteiger charge is -2.38. The molecule has 0 saturated heterocycles. The zero-order valence-electron chi connectivity index (χ0n) is 16.2. The maximum Gasteiger partial charge on any atom is 0.107 e. The Labute approximate surface area is 152 Å². The summed E-state index contributed by atoms with van der Waals surface area (Å²) in [6, 6.07) is 0. The quantitative estimate of drug-likeness (QED) is 0.343. The first-order valence-corrected chi connectivity index (χ1v) is 9.82. The summed E-state index contributed by atoms with van der Waals surface area (Å²) in [7, 11) is 1.89. The minimum atomic E-state index is -1.24. The van der Waals surface area contributed by atoms with Crippen LogP contribution in [0.4, 0.5) is 0 Å². The van der Waals surface area contributed by atoms with Crippen LogP contribution in [0.5, 0.6) is 0 Å². The number of hydrogen-bond acceptors (Lipinski definition) is 6. The molecule has 4 N–H and O–H groups in total. The predicted octanol–water partition coefficient (Wildman–Crippen LogP) is 0.862. The van der Waals surface area contributed by atoms with Gasteiger partial charge in [-0.25, -0.2) is 0 Å². The lowest BCUT2D eigenvalue weighted by atomic mass is 9.72. The van der Waals surface area contributed by atoms with Gasteiger partial charge in [-0.3, -0.25) is 0 Å². The first kappa shape index (κ1) is 22.8. The summed E-state index contributed by atoms with van der Waals surface area (Å²) >= 11 is 0. The van der Waals surface area contributed by atoms with Crippen LogP contribution in [0.2, 0.25) is 0 Å². The molecule has 0 aromatic heterocycles. The van der Waals surface area contributed by atoms with E-state index in [1.54, 1.807) is 0 Å². The molecule has 5 atom stereocenters. The molecule has 0 aromatic rings. The van der Waals surface area contributed by atoms with Gasteiger partial charge in [0.15, 0.2) is 0 Å². The van der Waals surface area contributed by atoms with Gasteiger partial charge in [-0.05, 0) is 38.1 Å². The van der Waals surface area contributed by atoms with E-state index in [2.05, 4.69) is 13.8 Å². The maximum absolute atomic E-state index is 10.3. The number of ether oxygens (including phenoxy) is 1. The smallest absolute Gasteiger partial charge is 0.107 e. The average Bonchev–Trinajstić information content (AvgIpc) is 2.53. The van der Waals surface area contributed by atoms with Crippen molar-refractivity contribution in [2.45, 2.75) is 64.3 Å². The molecular weight excluding hydrogens is 322 g/mol. The van der Waals surface area contributed by atoms with E-state index in [1.165, 1.54) is 0 Å². The van der Waals surface area contributed by atoms with E-state index in [4.69, 9.17) is 4.74 Å². The van der Waals surface area contributed by atoms with Gasteiger partial charge in [-0.1, -0.05) is 26.7 Å². The molecule has 0 heterocycles. The second-order valence-corrected chi connectivity index (χ2v) is 7.84. The van der Waals surface area contributed by atoms with Gasteiger partial charge in [0.25, 0.3) is 0 Å². The molecule has 6 nitrogen and oxygen atoms in total. The van der Waals surface area contributed by atoms with Crippen LogP contribution in [-0.4, -0.2) is 83.6 Å². The first-order valence-electron chi connectivity index (χ1n) is 9.82. The number of aliphatic hydroxyl groups is 4. The van der Waals surface area contributed by atoms with Gasteiger partial charge >= 0.3 is 0 Å². The first-order chi connectivity index (χ1) is 11.9. The SMILES string of the molecule is CCCCOCC(C)CN(C)CC(O)C(O)C(O)C(CO)C1CCC1. The summed E-state index contributed by atoms with van der Waals surface area (Å²) in [5.74, 6) is 0.228. The topological polar surface area (TPSA) is 93.4 Å². The van der Waals surface area contributed by atoms with Crippen molar-refractivity contribution in [2.75, 3.05) is 40.0 Å². The summed E-state index contributed by atoms with van der Waals surface area (Å²) in [6.45, 7) is 6.56. The summed E-state index contributed by atoms with van der Waals surface area (Å²) in [5.41, 5.74) is 0. The second kappa shape index (κ2) is 12.2. The third-order valence-electron chi connectivity index (χ3n) is 5.32. The Hall–Kier alpha value is -0.240. The van der Waals surface area contributed by atoms with Crippen molar-refractivity contribution < 1.29 is 25.2 Å². The van der Waals surface area contributed by atoms with Crippen LogP contribution in [0.15, 0.2) is 0 Å². The molecule has 1 aliphatic rings. The standard InChI is InChI=1S/C19H39NO5/c1-4-5-9-25-13-14(2)10-20(3)11-17(22)19(24)18(23)16(12-21)15-7-6-8-15/h14-19,21-24H,4-13H2,1-3H3. The van der Waals surface area contributed by atoms with E-state index in [0.29, 0.717) is 12.5 Å². The Morgan fingerprint density at radius 2 is 1.80 bits per heavy atom. The van der Waals surface area contributed by atoms with E-state index >= 15 is 0 Å². The monoisotopic (exact) mass is 361 g/mol. The van der Waals surface area contributed by atoms with E-state index < -0.39 is 18.3 Å². The molecular formula is C19H39NO5. The molecule has 0 spiro atoms. The summed E-state index contributed by atoms with van der Waals surface area (Å²) in [5, 5.41) is 40.4. The number of unbranched alkanes of at least 4 members (excludes halogenated alkanes) is 1. The molecule has 6 heteroatoms. The fraction of sp³-hybridized carbons (Fsp3) is 1.00. The number of aliphatic hydroxyl groups excluding tert-OH is 4. The summed E-state index contributed by atoms with van der Waals surface area (Å²) in [6.07, 6.45) is 1.87. The Morgan fingerprint density at radius 1 is 1.12 bits per heavy atom. The van der Waals surface area contributed by atoms with Crippen LogP contribution in [0.3, 0.4) is 0 Å². The number of hydrogen-bond donors (Lipinski definition) is 4. The van der Waals surface area contributed by atoms with Crippen molar-refractivity contribution in [2.24, 2.45) is 17.8 Å². The fourth-order valence-corrected chi connectivity index (χ4v) is 3.50. The van der Waals surface area contributed by atoms with Crippen molar-refractivity contribution >= 4 is 0 Å². The Kier molecular flexibility index (Phi) is 11.1. The highest BCUT2D eigenvalue weighted by atomic mass is 16.5. The summed E-state index contributed by atoms with van der Waals surface area (Å²) in [4.78, 5) is 1.95. The summed E-state index contributed by atoms with van der Waals surface area (Å²) < 4.78 is 5.61. The van der Waals surface area contributed by atoms with Crippen LogP contribution in [0, 0.1) is 17.8 Å². The molecule has 150 valence electrons. The number of likely N-dealkylation sites (N-methyl/N-ethyl adjacent to an activating group) is 1. The Bertz CT molecular complexity index is 340. The maximum atomic E-state index is 10.3. The van der Waals surface area contributed by atoms with Crippen molar-refractivity contribution in [3.63, 3.8) is 0 Å².